The number of benzene rings is 2. The van der Waals surface area contributed by atoms with Crippen LogP contribution in [0.1, 0.15) is 15.9 Å². The van der Waals surface area contributed by atoms with Crippen LogP contribution in [0.15, 0.2) is 36.4 Å². The summed E-state index contributed by atoms with van der Waals surface area (Å²) in [5.41, 5.74) is 7.56. The van der Waals surface area contributed by atoms with Crippen molar-refractivity contribution in [2.45, 2.75) is 6.92 Å². The Morgan fingerprint density at radius 2 is 1.89 bits per heavy atom. The SMILES string of the molecule is Cc1ccc(C(=O)Oc2ccc(Cl)cc2Cl)cc1N. The summed E-state index contributed by atoms with van der Waals surface area (Å²) in [6, 6.07) is 9.63. The molecule has 0 saturated carbocycles. The van der Waals surface area contributed by atoms with Crippen molar-refractivity contribution < 1.29 is 9.53 Å². The third kappa shape index (κ3) is 3.19. The van der Waals surface area contributed by atoms with Gasteiger partial charge in [0.1, 0.15) is 5.75 Å². The first-order chi connectivity index (χ1) is 8.97. The van der Waals surface area contributed by atoms with E-state index in [0.29, 0.717) is 16.3 Å². The van der Waals surface area contributed by atoms with Crippen LogP contribution in [0.3, 0.4) is 0 Å². The van der Waals surface area contributed by atoms with Gasteiger partial charge in [0.2, 0.25) is 0 Å². The maximum Gasteiger partial charge on any atom is 0.343 e. The molecule has 0 spiro atoms. The molecule has 0 aliphatic rings. The fourth-order valence-electron chi connectivity index (χ4n) is 1.48. The Bertz CT molecular complexity index is 641. The van der Waals surface area contributed by atoms with Crippen molar-refractivity contribution in [2.24, 2.45) is 0 Å². The maximum atomic E-state index is 11.9. The second-order valence-electron chi connectivity index (χ2n) is 4.04. The highest BCUT2D eigenvalue weighted by Gasteiger charge is 2.12. The molecule has 19 heavy (non-hydrogen) atoms. The number of rotatable bonds is 2. The predicted octanol–water partition coefficient (Wildman–Crippen LogP) is 4.10. The number of anilines is 1. The average molecular weight is 296 g/mol. The molecule has 5 heteroatoms. The molecule has 2 N–H and O–H groups in total. The number of aryl methyl sites for hydroxylation is 1. The number of nitrogens with two attached hydrogens (primary N) is 1. The van der Waals surface area contributed by atoms with Crippen LogP contribution in [0.4, 0.5) is 5.69 Å². The predicted molar refractivity (Wildman–Crippen MR) is 77.0 cm³/mol. The van der Waals surface area contributed by atoms with Gasteiger partial charge in [-0.15, -0.1) is 0 Å². The van der Waals surface area contributed by atoms with Crippen LogP contribution in [0, 0.1) is 6.92 Å². The van der Waals surface area contributed by atoms with E-state index in [-0.39, 0.29) is 10.8 Å². The quantitative estimate of drug-likeness (QED) is 0.515. The van der Waals surface area contributed by atoms with Gasteiger partial charge in [0, 0.05) is 10.7 Å². The molecule has 0 aromatic heterocycles. The molecule has 0 aliphatic carbocycles. The van der Waals surface area contributed by atoms with Gasteiger partial charge in [-0.3, -0.25) is 0 Å². The summed E-state index contributed by atoms with van der Waals surface area (Å²) in [5, 5.41) is 0.755. The molecule has 2 aromatic carbocycles. The first-order valence-corrected chi connectivity index (χ1v) is 6.26. The Labute approximate surface area is 120 Å². The highest BCUT2D eigenvalue weighted by molar-refractivity contribution is 6.35. The van der Waals surface area contributed by atoms with E-state index < -0.39 is 5.97 Å². The number of carbonyl (C=O) groups is 1. The number of ether oxygens (including phenoxy) is 1. The summed E-state index contributed by atoms with van der Waals surface area (Å²) < 4.78 is 5.20. The van der Waals surface area contributed by atoms with Crippen molar-refractivity contribution in [3.8, 4) is 5.75 Å². The largest absolute Gasteiger partial charge is 0.421 e. The van der Waals surface area contributed by atoms with Crippen LogP contribution < -0.4 is 10.5 Å². The highest BCUT2D eigenvalue weighted by atomic mass is 35.5. The van der Waals surface area contributed by atoms with Crippen molar-refractivity contribution in [3.05, 3.63) is 57.6 Å². The topological polar surface area (TPSA) is 52.3 Å². The molecule has 0 fully saturated rings. The van der Waals surface area contributed by atoms with Crippen LogP contribution in [-0.4, -0.2) is 5.97 Å². The van der Waals surface area contributed by atoms with Gasteiger partial charge >= 0.3 is 5.97 Å². The smallest absolute Gasteiger partial charge is 0.343 e. The molecule has 0 radical (unpaired) electrons. The van der Waals surface area contributed by atoms with Gasteiger partial charge < -0.3 is 10.5 Å². The normalized spacial score (nSPS) is 10.3. The third-order valence-electron chi connectivity index (χ3n) is 2.61. The number of hydrogen-bond acceptors (Lipinski definition) is 3. The molecule has 2 aromatic rings. The molecule has 98 valence electrons. The van der Waals surface area contributed by atoms with Crippen LogP contribution in [0.5, 0.6) is 5.75 Å². The summed E-state index contributed by atoms with van der Waals surface area (Å²) in [6.45, 7) is 1.86. The van der Waals surface area contributed by atoms with Crippen LogP contribution in [0.2, 0.25) is 10.0 Å². The van der Waals surface area contributed by atoms with E-state index >= 15 is 0 Å². The summed E-state index contributed by atoms with van der Waals surface area (Å²) in [5.74, 6) is -0.258. The van der Waals surface area contributed by atoms with Gasteiger partial charge in [-0.2, -0.15) is 0 Å². The molecule has 0 amide bonds. The number of esters is 1. The summed E-state index contributed by atoms with van der Waals surface area (Å²) >= 11 is 11.7. The van der Waals surface area contributed by atoms with Gasteiger partial charge in [-0.25, -0.2) is 4.79 Å². The fraction of sp³-hybridized carbons (Fsp3) is 0.0714. The molecule has 0 bridgehead atoms. The Hall–Kier alpha value is -1.71. The standard InChI is InChI=1S/C14H11Cl2NO2/c1-8-2-3-9(6-12(8)17)14(18)19-13-5-4-10(15)7-11(13)16/h2-7H,17H2,1H3. The van der Waals surface area contributed by atoms with E-state index in [2.05, 4.69) is 0 Å². The van der Waals surface area contributed by atoms with Gasteiger partial charge in [0.15, 0.2) is 0 Å². The molecular formula is C14H11Cl2NO2. The second-order valence-corrected chi connectivity index (χ2v) is 4.88. The van der Waals surface area contributed by atoms with Crippen LogP contribution in [-0.2, 0) is 0 Å². The minimum atomic E-state index is -0.518. The molecule has 0 atom stereocenters. The van der Waals surface area contributed by atoms with Crippen molar-refractivity contribution in [3.63, 3.8) is 0 Å². The van der Waals surface area contributed by atoms with E-state index in [1.165, 1.54) is 6.07 Å². The molecule has 0 aliphatic heterocycles. The van der Waals surface area contributed by atoms with Crippen molar-refractivity contribution in [1.82, 2.24) is 0 Å². The lowest BCUT2D eigenvalue weighted by Crippen LogP contribution is -2.09. The molecular weight excluding hydrogens is 285 g/mol. The molecule has 2 rings (SSSR count). The van der Waals surface area contributed by atoms with Gasteiger partial charge in [-0.05, 0) is 42.8 Å². The van der Waals surface area contributed by atoms with Gasteiger partial charge in [0.05, 0.1) is 10.6 Å². The van der Waals surface area contributed by atoms with Crippen molar-refractivity contribution in [1.29, 1.82) is 0 Å². The number of carbonyl (C=O) groups excluding carboxylic acids is 1. The van der Waals surface area contributed by atoms with E-state index in [1.807, 2.05) is 6.92 Å². The van der Waals surface area contributed by atoms with Crippen molar-refractivity contribution >= 4 is 34.9 Å². The maximum absolute atomic E-state index is 11.9. The number of nitrogen functional groups attached to an aromatic ring is 1. The zero-order valence-corrected chi connectivity index (χ0v) is 11.6. The number of hydrogen-bond donors (Lipinski definition) is 1. The van der Waals surface area contributed by atoms with Crippen molar-refractivity contribution in [2.75, 3.05) is 5.73 Å². The fourth-order valence-corrected chi connectivity index (χ4v) is 1.93. The van der Waals surface area contributed by atoms with E-state index in [4.69, 9.17) is 33.7 Å². The molecule has 3 nitrogen and oxygen atoms in total. The Kier molecular flexibility index (Phi) is 3.98. The minimum Gasteiger partial charge on any atom is -0.421 e. The lowest BCUT2D eigenvalue weighted by molar-refractivity contribution is 0.0735. The monoisotopic (exact) mass is 295 g/mol. The lowest BCUT2D eigenvalue weighted by Gasteiger charge is -2.07. The third-order valence-corrected chi connectivity index (χ3v) is 3.14. The van der Waals surface area contributed by atoms with E-state index in [1.54, 1.807) is 30.3 Å². The van der Waals surface area contributed by atoms with E-state index in [9.17, 15) is 4.79 Å². The number of halogens is 2. The Morgan fingerprint density at radius 1 is 1.16 bits per heavy atom. The highest BCUT2D eigenvalue weighted by Crippen LogP contribution is 2.28. The first kappa shape index (κ1) is 13.7. The zero-order valence-electron chi connectivity index (χ0n) is 10.1. The average Bonchev–Trinajstić information content (AvgIpc) is 2.36. The molecule has 0 unspecified atom stereocenters. The lowest BCUT2D eigenvalue weighted by atomic mass is 10.1. The van der Waals surface area contributed by atoms with Gasteiger partial charge in [0.25, 0.3) is 0 Å². The molecule has 0 saturated heterocycles. The van der Waals surface area contributed by atoms with Gasteiger partial charge in [-0.1, -0.05) is 29.3 Å². The van der Waals surface area contributed by atoms with E-state index in [0.717, 1.165) is 5.56 Å². The second kappa shape index (κ2) is 5.51. The Balaban J connectivity index is 2.23. The van der Waals surface area contributed by atoms with Crippen LogP contribution >= 0.6 is 23.2 Å². The first-order valence-electron chi connectivity index (χ1n) is 5.51. The molecule has 0 heterocycles. The summed E-state index contributed by atoms with van der Waals surface area (Å²) in [4.78, 5) is 11.9. The Morgan fingerprint density at radius 3 is 2.53 bits per heavy atom. The zero-order chi connectivity index (χ0) is 14.0. The van der Waals surface area contributed by atoms with Crippen LogP contribution in [0.25, 0.3) is 0 Å². The summed E-state index contributed by atoms with van der Waals surface area (Å²) in [6.07, 6.45) is 0. The summed E-state index contributed by atoms with van der Waals surface area (Å²) in [7, 11) is 0. The minimum absolute atomic E-state index is 0.259.